The fourth-order valence-electron chi connectivity index (χ4n) is 10.4. The number of rotatable bonds is 17. The molecule has 5 aliphatic rings. The Kier molecular flexibility index (Phi) is 14.2. The molecule has 9 rings (SSSR count). The summed E-state index contributed by atoms with van der Waals surface area (Å²) in [5, 5.41) is 20.6. The number of anilines is 3. The van der Waals surface area contributed by atoms with Crippen molar-refractivity contribution in [3.8, 4) is 17.2 Å². The van der Waals surface area contributed by atoms with Crippen LogP contribution >= 0.6 is 0 Å². The molecule has 4 aliphatic heterocycles. The number of benzene rings is 2. The molecule has 2 aromatic heterocycles. The van der Waals surface area contributed by atoms with Crippen molar-refractivity contribution in [1.29, 1.82) is 0 Å². The molecule has 4 aromatic rings. The number of aryl methyl sites for hydroxylation is 1. The van der Waals surface area contributed by atoms with E-state index in [1.165, 1.54) is 44.2 Å². The highest BCUT2D eigenvalue weighted by molar-refractivity contribution is 6.24. The van der Waals surface area contributed by atoms with Crippen molar-refractivity contribution in [3.05, 3.63) is 70.9 Å². The molecule has 20 heteroatoms. The van der Waals surface area contributed by atoms with Gasteiger partial charge in [0.05, 0.1) is 36.2 Å². The van der Waals surface area contributed by atoms with Gasteiger partial charge in [0.1, 0.15) is 29.1 Å². The minimum absolute atomic E-state index is 0.00616. The summed E-state index contributed by atoms with van der Waals surface area (Å²) >= 11 is 0. The van der Waals surface area contributed by atoms with E-state index in [0.29, 0.717) is 35.4 Å². The van der Waals surface area contributed by atoms with Crippen LogP contribution in [-0.4, -0.2) is 128 Å². The number of nitrogens with one attached hydrogen (secondary N) is 4. The molecule has 0 spiro atoms. The van der Waals surface area contributed by atoms with Gasteiger partial charge in [-0.1, -0.05) is 32.3 Å². The van der Waals surface area contributed by atoms with Crippen molar-refractivity contribution < 1.29 is 38.2 Å². The van der Waals surface area contributed by atoms with Crippen molar-refractivity contribution in [1.82, 2.24) is 50.5 Å². The van der Waals surface area contributed by atoms with Gasteiger partial charge in [-0.05, 0) is 101 Å². The molecule has 69 heavy (non-hydrogen) atoms. The molecule has 20 nitrogen and oxygen atoms in total. The van der Waals surface area contributed by atoms with Crippen molar-refractivity contribution in [2.24, 2.45) is 5.92 Å². The van der Waals surface area contributed by atoms with Gasteiger partial charge in [0.15, 0.2) is 18.2 Å². The number of likely N-dealkylation sites (tertiary alicyclic amines) is 1. The van der Waals surface area contributed by atoms with Crippen LogP contribution in [0.3, 0.4) is 0 Å². The van der Waals surface area contributed by atoms with Crippen LogP contribution in [-0.2, 0) is 14.4 Å². The van der Waals surface area contributed by atoms with E-state index < -0.39 is 29.7 Å². The van der Waals surface area contributed by atoms with Crippen LogP contribution in [0.25, 0.3) is 5.69 Å². The van der Waals surface area contributed by atoms with Gasteiger partial charge in [-0.25, -0.2) is 4.98 Å². The Morgan fingerprint density at radius 3 is 2.51 bits per heavy atom. The first-order valence-corrected chi connectivity index (χ1v) is 24.3. The number of fused-ring (bicyclic) bond motifs is 4. The Bertz CT molecular complexity index is 2620. The molecule has 2 aromatic carbocycles. The maximum Gasteiger partial charge on any atom is 0.266 e. The number of imide groups is 2. The summed E-state index contributed by atoms with van der Waals surface area (Å²) in [4.78, 5) is 92.1. The Morgan fingerprint density at radius 2 is 1.74 bits per heavy atom. The summed E-state index contributed by atoms with van der Waals surface area (Å²) in [6.45, 7) is 7.62. The van der Waals surface area contributed by atoms with Crippen LogP contribution in [0.15, 0.2) is 42.6 Å². The fraction of sp³-hybridized carbons (Fsp3) is 0.510. The van der Waals surface area contributed by atoms with E-state index in [0.717, 1.165) is 86.3 Å². The van der Waals surface area contributed by atoms with Gasteiger partial charge in [0, 0.05) is 44.2 Å². The van der Waals surface area contributed by atoms with Crippen LogP contribution in [0.2, 0.25) is 0 Å². The minimum atomic E-state index is -1.10. The highest BCUT2D eigenvalue weighted by atomic mass is 16.5. The minimum Gasteiger partial charge on any atom is -0.495 e. The SMILES string of the molecule is CCC1c2nnc(C)n2-c2cnc(Nc3ccc(C(=O)NC4CCN(CCCCNC(=O)COc5cccc6c5C(=O)N(C5CCC(=O)NC5=O)C6=O)CC4)cc3OC)nc2N1CC1CCCCC1. The summed E-state index contributed by atoms with van der Waals surface area (Å²) < 4.78 is 13.5. The molecule has 1 saturated carbocycles. The summed E-state index contributed by atoms with van der Waals surface area (Å²) in [5.74, 6) is 1.12. The number of hydrogen-bond donors (Lipinski definition) is 4. The van der Waals surface area contributed by atoms with E-state index in [1.807, 2.05) is 19.2 Å². The number of hydrogen-bond acceptors (Lipinski definition) is 15. The second kappa shape index (κ2) is 20.7. The van der Waals surface area contributed by atoms with Crippen molar-refractivity contribution >= 4 is 52.9 Å². The first-order chi connectivity index (χ1) is 33.5. The van der Waals surface area contributed by atoms with Crippen LogP contribution in [0.4, 0.5) is 17.5 Å². The van der Waals surface area contributed by atoms with Gasteiger partial charge in [-0.3, -0.25) is 43.6 Å². The largest absolute Gasteiger partial charge is 0.495 e. The van der Waals surface area contributed by atoms with Gasteiger partial charge in [0.25, 0.3) is 23.6 Å². The van der Waals surface area contributed by atoms with Gasteiger partial charge < -0.3 is 35.2 Å². The Balaban J connectivity index is 0.714. The van der Waals surface area contributed by atoms with Crippen molar-refractivity contribution in [2.75, 3.05) is 56.7 Å². The molecule has 2 unspecified atom stereocenters. The zero-order valence-corrected chi connectivity index (χ0v) is 39.4. The second-order valence-electron chi connectivity index (χ2n) is 18.5. The molecule has 0 bridgehead atoms. The first-order valence-electron chi connectivity index (χ1n) is 24.3. The summed E-state index contributed by atoms with van der Waals surface area (Å²) in [5.41, 5.74) is 2.08. The number of nitrogens with zero attached hydrogens (tertiary/aromatic N) is 8. The second-order valence-corrected chi connectivity index (χ2v) is 18.5. The predicted molar refractivity (Wildman–Crippen MR) is 253 cm³/mol. The van der Waals surface area contributed by atoms with Crippen LogP contribution in [0.5, 0.6) is 11.5 Å². The molecule has 4 N–H and O–H groups in total. The van der Waals surface area contributed by atoms with E-state index in [4.69, 9.17) is 19.4 Å². The normalized spacial score (nSPS) is 19.7. The number of carbonyl (C=O) groups is 6. The van der Waals surface area contributed by atoms with E-state index in [9.17, 15) is 28.8 Å². The summed E-state index contributed by atoms with van der Waals surface area (Å²) in [6.07, 6.45) is 12.2. The van der Waals surface area contributed by atoms with E-state index >= 15 is 0 Å². The number of piperidine rings is 2. The maximum atomic E-state index is 13.5. The lowest BCUT2D eigenvalue weighted by molar-refractivity contribution is -0.136. The zero-order valence-electron chi connectivity index (χ0n) is 39.4. The molecule has 6 amide bonds. The number of methoxy groups -OCH3 is 1. The predicted octanol–water partition coefficient (Wildman–Crippen LogP) is 4.54. The van der Waals surface area contributed by atoms with Gasteiger partial charge in [-0.15, -0.1) is 10.2 Å². The quantitative estimate of drug-likeness (QED) is 0.0841. The van der Waals surface area contributed by atoms with Crippen LogP contribution < -0.4 is 35.6 Å². The molecule has 0 radical (unpaired) electrons. The van der Waals surface area contributed by atoms with E-state index in [1.54, 1.807) is 25.3 Å². The summed E-state index contributed by atoms with van der Waals surface area (Å²) in [7, 11) is 1.58. The lowest BCUT2D eigenvalue weighted by Crippen LogP contribution is -2.54. The lowest BCUT2D eigenvalue weighted by Gasteiger charge is -2.39. The lowest BCUT2D eigenvalue weighted by atomic mass is 9.88. The molecule has 3 fully saturated rings. The van der Waals surface area contributed by atoms with Crippen molar-refractivity contribution in [2.45, 2.75) is 109 Å². The van der Waals surface area contributed by atoms with Crippen molar-refractivity contribution in [3.63, 3.8) is 0 Å². The zero-order chi connectivity index (χ0) is 48.2. The summed E-state index contributed by atoms with van der Waals surface area (Å²) in [6, 6.07) is 8.84. The first kappa shape index (κ1) is 47.1. The third kappa shape index (κ3) is 9.98. The topological polar surface area (TPSA) is 235 Å². The average Bonchev–Trinajstić information content (AvgIpc) is 3.86. The van der Waals surface area contributed by atoms with Crippen LogP contribution in [0, 0.1) is 12.8 Å². The molecular formula is C49H60N12O8. The monoisotopic (exact) mass is 944 g/mol. The highest BCUT2D eigenvalue weighted by Gasteiger charge is 2.46. The standard InChI is InChI=1S/C49H60N12O8/c1-4-35-44-57-56-29(2)60(44)37-26-51-49(55-43(37)59(35)27-30-11-6-5-7-12-30)53-34-16-15-31(25-39(34)68-3)45(64)52-32-19-23-58(24-20-32)22-9-8-21-50-41(63)28-69-38-14-10-13-33-42(38)48(67)61(47(33)66)36-17-18-40(62)54-46(36)65/h10,13-16,25-26,30,32,35-36H,4-9,11-12,17-24,27-28H2,1-3H3,(H,50,63)(H,52,64)(H,51,53,55)(H,54,62,65). The molecule has 1 aliphatic carbocycles. The third-order valence-electron chi connectivity index (χ3n) is 14.0. The number of aromatic nitrogens is 5. The third-order valence-corrected chi connectivity index (χ3v) is 14.0. The van der Waals surface area contributed by atoms with Crippen LogP contribution in [0.1, 0.15) is 133 Å². The maximum absolute atomic E-state index is 13.5. The number of ether oxygens (including phenoxy) is 2. The molecule has 364 valence electrons. The average molecular weight is 945 g/mol. The molecular weight excluding hydrogens is 885 g/mol. The Labute approximate surface area is 400 Å². The number of unbranched alkanes of at least 4 members (excludes halogenated alkanes) is 1. The van der Waals surface area contributed by atoms with E-state index in [-0.39, 0.29) is 60.2 Å². The Hall–Kier alpha value is -6.96. The molecule has 2 saturated heterocycles. The van der Waals surface area contributed by atoms with Gasteiger partial charge in [0.2, 0.25) is 17.8 Å². The van der Waals surface area contributed by atoms with Gasteiger partial charge >= 0.3 is 0 Å². The molecule has 6 heterocycles. The fourth-order valence-corrected chi connectivity index (χ4v) is 10.4. The van der Waals surface area contributed by atoms with E-state index in [2.05, 4.69) is 52.8 Å². The number of carbonyl (C=O) groups excluding carboxylic acids is 6. The highest BCUT2D eigenvalue weighted by Crippen LogP contribution is 2.41. The van der Waals surface area contributed by atoms with Gasteiger partial charge in [-0.2, -0.15) is 4.98 Å². The number of amides is 6. The molecule has 2 atom stereocenters. The smallest absolute Gasteiger partial charge is 0.266 e. The Morgan fingerprint density at radius 1 is 0.928 bits per heavy atom.